The summed E-state index contributed by atoms with van der Waals surface area (Å²) >= 11 is 0. The minimum atomic E-state index is -0.325. The molecule has 1 fully saturated rings. The van der Waals surface area contributed by atoms with Crippen molar-refractivity contribution in [1.29, 1.82) is 0 Å². The summed E-state index contributed by atoms with van der Waals surface area (Å²) in [6.07, 6.45) is 3.85. The van der Waals surface area contributed by atoms with Crippen LogP contribution < -0.4 is 10.9 Å². The Balaban J connectivity index is 1.59. The summed E-state index contributed by atoms with van der Waals surface area (Å²) in [7, 11) is 1.81. The van der Waals surface area contributed by atoms with E-state index in [0.29, 0.717) is 28.2 Å². The third kappa shape index (κ3) is 3.23. The summed E-state index contributed by atoms with van der Waals surface area (Å²) in [5.74, 6) is 0.0591. The van der Waals surface area contributed by atoms with Gasteiger partial charge in [-0.3, -0.25) is 14.3 Å². The van der Waals surface area contributed by atoms with Crippen LogP contribution in [0, 0.1) is 6.92 Å². The van der Waals surface area contributed by atoms with Crippen molar-refractivity contribution in [1.82, 2.24) is 24.1 Å². The lowest BCUT2D eigenvalue weighted by Gasteiger charge is -2.10. The molecule has 164 valence electrons. The first-order valence-electron chi connectivity index (χ1n) is 10.9. The quantitative estimate of drug-likeness (QED) is 0.520. The number of hydrogen-bond donors (Lipinski definition) is 1. The Kier molecular flexibility index (Phi) is 4.73. The number of carbonyl (C=O) groups excluding carboxylic acids is 1. The van der Waals surface area contributed by atoms with Gasteiger partial charge in [0.05, 0.1) is 28.5 Å². The van der Waals surface area contributed by atoms with Crippen LogP contribution in [0.15, 0.2) is 47.4 Å². The van der Waals surface area contributed by atoms with Crippen molar-refractivity contribution in [2.75, 3.05) is 5.32 Å². The highest BCUT2D eigenvalue weighted by Crippen LogP contribution is 2.40. The fourth-order valence-electron chi connectivity index (χ4n) is 4.08. The minimum absolute atomic E-state index is 0.125. The molecule has 1 aliphatic carbocycles. The summed E-state index contributed by atoms with van der Waals surface area (Å²) in [5, 5.41) is 8.04. The van der Waals surface area contributed by atoms with Crippen molar-refractivity contribution in [3.63, 3.8) is 0 Å². The zero-order valence-electron chi connectivity index (χ0n) is 18.7. The van der Waals surface area contributed by atoms with Gasteiger partial charge >= 0.3 is 0 Å². The van der Waals surface area contributed by atoms with Crippen LogP contribution in [0.4, 0.5) is 5.69 Å². The standard InChI is InChI=1S/C24H26N6O2/c1-14(2)29-22-19(13-25-29)18(12-20(26-22)16-10-11-16)23(31)27-21-15(3)28(4)30(24(21)32)17-8-6-5-7-9-17/h5-9,12-14,16H,10-11H2,1-4H3,(H,27,31). The van der Waals surface area contributed by atoms with Crippen LogP contribution in [0.1, 0.15) is 60.4 Å². The van der Waals surface area contributed by atoms with Crippen LogP contribution in [0.5, 0.6) is 0 Å². The number of rotatable bonds is 5. The van der Waals surface area contributed by atoms with Gasteiger partial charge in [-0.25, -0.2) is 14.3 Å². The molecule has 1 saturated carbocycles. The van der Waals surface area contributed by atoms with Gasteiger partial charge in [0, 0.05) is 24.7 Å². The molecule has 0 saturated heterocycles. The molecule has 0 atom stereocenters. The number of nitrogens with one attached hydrogen (secondary N) is 1. The van der Waals surface area contributed by atoms with Crippen LogP contribution in [0.3, 0.4) is 0 Å². The van der Waals surface area contributed by atoms with Crippen LogP contribution in [0.25, 0.3) is 16.7 Å². The maximum Gasteiger partial charge on any atom is 0.295 e. The third-order valence-corrected chi connectivity index (χ3v) is 6.11. The maximum atomic E-state index is 13.4. The largest absolute Gasteiger partial charge is 0.316 e. The number of aromatic nitrogens is 5. The van der Waals surface area contributed by atoms with Crippen LogP contribution in [-0.4, -0.2) is 30.0 Å². The van der Waals surface area contributed by atoms with E-state index in [1.165, 1.54) is 0 Å². The van der Waals surface area contributed by atoms with E-state index in [-0.39, 0.29) is 23.2 Å². The highest BCUT2D eigenvalue weighted by atomic mass is 16.2. The molecule has 0 spiro atoms. The lowest BCUT2D eigenvalue weighted by atomic mass is 10.1. The predicted molar refractivity (Wildman–Crippen MR) is 124 cm³/mol. The Morgan fingerprint density at radius 3 is 2.56 bits per heavy atom. The zero-order valence-corrected chi connectivity index (χ0v) is 18.7. The molecule has 3 aromatic heterocycles. The zero-order chi connectivity index (χ0) is 22.6. The molecule has 4 aromatic rings. The predicted octanol–water partition coefficient (Wildman–Crippen LogP) is 3.94. The van der Waals surface area contributed by atoms with Gasteiger partial charge in [0.25, 0.3) is 11.5 Å². The first-order chi connectivity index (χ1) is 15.4. The van der Waals surface area contributed by atoms with Crippen LogP contribution in [0.2, 0.25) is 0 Å². The highest BCUT2D eigenvalue weighted by Gasteiger charge is 2.29. The van der Waals surface area contributed by atoms with Gasteiger partial charge in [-0.15, -0.1) is 0 Å². The van der Waals surface area contributed by atoms with Crippen molar-refractivity contribution in [2.45, 2.75) is 45.6 Å². The number of nitrogens with zero attached hydrogens (tertiary/aromatic N) is 5. The van der Waals surface area contributed by atoms with Crippen LogP contribution >= 0.6 is 0 Å². The molecule has 1 aliphatic rings. The first-order valence-corrected chi connectivity index (χ1v) is 10.9. The highest BCUT2D eigenvalue weighted by molar-refractivity contribution is 6.12. The van der Waals surface area contributed by atoms with E-state index in [9.17, 15) is 9.59 Å². The Labute approximate surface area is 185 Å². The lowest BCUT2D eigenvalue weighted by Crippen LogP contribution is -2.23. The molecule has 0 bridgehead atoms. The van der Waals surface area contributed by atoms with E-state index in [4.69, 9.17) is 4.98 Å². The van der Waals surface area contributed by atoms with E-state index in [0.717, 1.165) is 24.2 Å². The summed E-state index contributed by atoms with van der Waals surface area (Å²) < 4.78 is 5.15. The second kappa shape index (κ2) is 7.47. The molecule has 1 amide bonds. The fourth-order valence-corrected chi connectivity index (χ4v) is 4.08. The van der Waals surface area contributed by atoms with E-state index in [2.05, 4.69) is 10.4 Å². The molecule has 1 N–H and O–H groups in total. The Morgan fingerprint density at radius 2 is 1.91 bits per heavy atom. The molecule has 8 nitrogen and oxygen atoms in total. The van der Waals surface area contributed by atoms with Gasteiger partial charge in [-0.1, -0.05) is 18.2 Å². The fraction of sp³-hybridized carbons (Fsp3) is 0.333. The Morgan fingerprint density at radius 1 is 1.19 bits per heavy atom. The second-order valence-electron chi connectivity index (χ2n) is 8.68. The smallest absolute Gasteiger partial charge is 0.295 e. The number of para-hydroxylation sites is 1. The van der Waals surface area contributed by atoms with Gasteiger partial charge in [0.1, 0.15) is 5.69 Å². The Hall–Kier alpha value is -3.68. The summed E-state index contributed by atoms with van der Waals surface area (Å²) in [5.41, 5.74) is 3.54. The molecular formula is C24H26N6O2. The van der Waals surface area contributed by atoms with Gasteiger partial charge in [0.15, 0.2) is 5.65 Å². The maximum absolute atomic E-state index is 13.4. The third-order valence-electron chi connectivity index (χ3n) is 6.11. The van der Waals surface area contributed by atoms with Gasteiger partial charge in [-0.2, -0.15) is 5.10 Å². The number of pyridine rings is 1. The summed E-state index contributed by atoms with van der Waals surface area (Å²) in [6.45, 7) is 5.90. The van der Waals surface area contributed by atoms with Crippen molar-refractivity contribution in [2.24, 2.45) is 7.05 Å². The minimum Gasteiger partial charge on any atom is -0.316 e. The number of benzene rings is 1. The molecule has 8 heteroatoms. The Bertz CT molecular complexity index is 1390. The number of hydrogen-bond acceptors (Lipinski definition) is 4. The van der Waals surface area contributed by atoms with Crippen molar-refractivity contribution in [3.05, 3.63) is 69.9 Å². The molecule has 0 radical (unpaired) electrons. The first kappa shape index (κ1) is 20.2. The van der Waals surface area contributed by atoms with Gasteiger partial charge in [-0.05, 0) is 51.8 Å². The van der Waals surface area contributed by atoms with E-state index in [1.54, 1.807) is 15.6 Å². The molecule has 32 heavy (non-hydrogen) atoms. The molecule has 3 heterocycles. The van der Waals surface area contributed by atoms with Crippen molar-refractivity contribution in [3.8, 4) is 5.69 Å². The number of amides is 1. The monoisotopic (exact) mass is 430 g/mol. The SMILES string of the molecule is Cc1c(NC(=O)c2cc(C3CC3)nc3c2cnn3C(C)C)c(=O)n(-c2ccccc2)n1C. The second-order valence-corrected chi connectivity index (χ2v) is 8.68. The molecule has 1 aromatic carbocycles. The average molecular weight is 431 g/mol. The van der Waals surface area contributed by atoms with Gasteiger partial charge < -0.3 is 5.32 Å². The van der Waals surface area contributed by atoms with Crippen molar-refractivity contribution >= 4 is 22.6 Å². The summed E-state index contributed by atoms with van der Waals surface area (Å²) in [4.78, 5) is 31.5. The van der Waals surface area contributed by atoms with Crippen molar-refractivity contribution < 1.29 is 4.79 Å². The number of carbonyl (C=O) groups is 1. The summed E-state index contributed by atoms with van der Waals surface area (Å²) in [6, 6.07) is 11.4. The number of anilines is 1. The molecule has 0 aliphatic heterocycles. The normalized spacial score (nSPS) is 13.8. The molecule has 0 unspecified atom stereocenters. The number of fused-ring (bicyclic) bond motifs is 1. The lowest BCUT2D eigenvalue weighted by molar-refractivity contribution is 0.102. The molecular weight excluding hydrogens is 404 g/mol. The van der Waals surface area contributed by atoms with E-state index in [1.807, 2.05) is 68.9 Å². The van der Waals surface area contributed by atoms with E-state index < -0.39 is 0 Å². The topological polar surface area (TPSA) is 86.7 Å². The van der Waals surface area contributed by atoms with E-state index >= 15 is 0 Å². The average Bonchev–Trinajstić information content (AvgIpc) is 3.51. The van der Waals surface area contributed by atoms with Gasteiger partial charge in [0.2, 0.25) is 0 Å². The molecule has 5 rings (SSSR count). The van der Waals surface area contributed by atoms with Crippen LogP contribution in [-0.2, 0) is 7.05 Å².